The Morgan fingerprint density at radius 1 is 0.710 bits per heavy atom. The standard InChI is InChI=1S/C24H24N2O4Si/c1-2-3-19-29-23(27)25-26-24(28)30-31(20-13-7-4-8-14-20,21-15-9-5-10-16-21)22-17-11-6-12-18-22/h4-18H,2-3,19H2,1H3. The quantitative estimate of drug-likeness (QED) is 0.243. The molecule has 7 heteroatoms. The normalized spacial score (nSPS) is 11.3. The number of carbonyl (C=O) groups is 2. The van der Waals surface area contributed by atoms with Crippen LogP contribution in [0.15, 0.2) is 101 Å². The Morgan fingerprint density at radius 2 is 1.13 bits per heavy atom. The Labute approximate surface area is 182 Å². The highest BCUT2D eigenvalue weighted by atomic mass is 28.4. The van der Waals surface area contributed by atoms with Crippen molar-refractivity contribution in [3.05, 3.63) is 91.0 Å². The lowest BCUT2D eigenvalue weighted by Gasteiger charge is -2.31. The van der Waals surface area contributed by atoms with Crippen LogP contribution in [0.1, 0.15) is 19.8 Å². The Hall–Kier alpha value is -3.58. The van der Waals surface area contributed by atoms with E-state index >= 15 is 0 Å². The molecule has 0 aliphatic heterocycles. The summed E-state index contributed by atoms with van der Waals surface area (Å²) in [5.74, 6) is 0. The molecule has 0 bridgehead atoms. The molecule has 2 amide bonds. The van der Waals surface area contributed by atoms with Gasteiger partial charge in [0.1, 0.15) is 0 Å². The fraction of sp³-hybridized carbons (Fsp3) is 0.167. The van der Waals surface area contributed by atoms with Crippen molar-refractivity contribution >= 4 is 36.1 Å². The van der Waals surface area contributed by atoms with Crippen LogP contribution in [0.25, 0.3) is 0 Å². The molecule has 0 aliphatic rings. The molecular formula is C24H24N2O4Si. The highest BCUT2D eigenvalue weighted by Crippen LogP contribution is 2.11. The maximum absolute atomic E-state index is 12.8. The summed E-state index contributed by atoms with van der Waals surface area (Å²) in [7, 11) is -3.25. The van der Waals surface area contributed by atoms with Crippen molar-refractivity contribution in [2.45, 2.75) is 19.8 Å². The molecule has 0 atom stereocenters. The second-order valence-electron chi connectivity index (χ2n) is 6.82. The summed E-state index contributed by atoms with van der Waals surface area (Å²) in [4.78, 5) is 24.5. The van der Waals surface area contributed by atoms with E-state index in [0.717, 1.165) is 28.4 Å². The van der Waals surface area contributed by atoms with Crippen LogP contribution < -0.4 is 15.6 Å². The number of carbonyl (C=O) groups excluding carboxylic acids is 2. The number of hydrogen-bond donors (Lipinski definition) is 0. The Bertz CT molecular complexity index is 915. The molecule has 0 saturated heterocycles. The number of rotatable bonds is 7. The summed E-state index contributed by atoms with van der Waals surface area (Å²) in [6.45, 7) is 2.22. The van der Waals surface area contributed by atoms with Gasteiger partial charge in [-0.3, -0.25) is 0 Å². The topological polar surface area (TPSA) is 77.3 Å². The molecule has 158 valence electrons. The minimum Gasteiger partial charge on any atom is -0.487 e. The van der Waals surface area contributed by atoms with Gasteiger partial charge in [0.05, 0.1) is 6.61 Å². The zero-order valence-corrected chi connectivity index (χ0v) is 18.3. The Kier molecular flexibility index (Phi) is 7.83. The summed E-state index contributed by atoms with van der Waals surface area (Å²) in [5, 5.41) is 9.49. The van der Waals surface area contributed by atoms with Crippen molar-refractivity contribution in [2.75, 3.05) is 6.61 Å². The summed E-state index contributed by atoms with van der Waals surface area (Å²) in [5.41, 5.74) is 0. The molecule has 0 unspecified atom stereocenters. The van der Waals surface area contributed by atoms with Crippen LogP contribution in [-0.2, 0) is 9.16 Å². The van der Waals surface area contributed by atoms with Crippen LogP contribution in [-0.4, -0.2) is 27.1 Å². The van der Waals surface area contributed by atoms with E-state index in [1.807, 2.05) is 97.9 Å². The Morgan fingerprint density at radius 3 is 1.55 bits per heavy atom. The molecule has 0 saturated carbocycles. The van der Waals surface area contributed by atoms with Gasteiger partial charge in [0.15, 0.2) is 0 Å². The van der Waals surface area contributed by atoms with Crippen LogP contribution in [0, 0.1) is 0 Å². The van der Waals surface area contributed by atoms with Gasteiger partial charge in [-0.15, -0.1) is 0 Å². The first kappa shape index (κ1) is 22.1. The van der Waals surface area contributed by atoms with E-state index in [4.69, 9.17) is 9.16 Å². The van der Waals surface area contributed by atoms with Gasteiger partial charge in [0, 0.05) is 0 Å². The third-order valence-corrected chi connectivity index (χ3v) is 8.64. The van der Waals surface area contributed by atoms with Crippen molar-refractivity contribution < 1.29 is 18.8 Å². The summed E-state index contributed by atoms with van der Waals surface area (Å²) < 4.78 is 11.0. The van der Waals surface area contributed by atoms with Gasteiger partial charge in [-0.2, -0.15) is 0 Å². The first-order valence-electron chi connectivity index (χ1n) is 10.1. The molecule has 31 heavy (non-hydrogen) atoms. The van der Waals surface area contributed by atoms with Crippen LogP contribution in [0.2, 0.25) is 0 Å². The molecular weight excluding hydrogens is 408 g/mol. The largest absolute Gasteiger partial charge is 0.487 e. The molecule has 0 aliphatic carbocycles. The number of azo groups is 1. The number of benzene rings is 3. The van der Waals surface area contributed by atoms with Gasteiger partial charge >= 0.3 is 20.5 Å². The van der Waals surface area contributed by atoms with Crippen LogP contribution in [0.3, 0.4) is 0 Å². The summed E-state index contributed by atoms with van der Waals surface area (Å²) in [6, 6.07) is 28.8. The number of hydrogen-bond acceptors (Lipinski definition) is 4. The lowest BCUT2D eigenvalue weighted by molar-refractivity contribution is 0.152. The van der Waals surface area contributed by atoms with Gasteiger partial charge < -0.3 is 9.16 Å². The Balaban J connectivity index is 2.00. The van der Waals surface area contributed by atoms with Gasteiger partial charge in [0.25, 0.3) is 0 Å². The molecule has 3 rings (SSSR count). The van der Waals surface area contributed by atoms with Crippen LogP contribution in [0.5, 0.6) is 0 Å². The van der Waals surface area contributed by atoms with E-state index in [2.05, 4.69) is 10.2 Å². The van der Waals surface area contributed by atoms with E-state index < -0.39 is 20.5 Å². The van der Waals surface area contributed by atoms with E-state index in [9.17, 15) is 9.59 Å². The van der Waals surface area contributed by atoms with Crippen molar-refractivity contribution in [1.29, 1.82) is 0 Å². The fourth-order valence-electron chi connectivity index (χ4n) is 3.26. The SMILES string of the molecule is CCCCOC(=O)N=NC(=O)O[Si](c1ccccc1)(c1ccccc1)c1ccccc1. The van der Waals surface area contributed by atoms with E-state index in [0.29, 0.717) is 0 Å². The summed E-state index contributed by atoms with van der Waals surface area (Å²) >= 11 is 0. The molecule has 0 spiro atoms. The minimum atomic E-state index is -3.25. The smallest absolute Gasteiger partial charge is 0.452 e. The van der Waals surface area contributed by atoms with Crippen LogP contribution >= 0.6 is 0 Å². The highest BCUT2D eigenvalue weighted by molar-refractivity contribution is 7.07. The molecule has 3 aromatic carbocycles. The molecule has 6 nitrogen and oxygen atoms in total. The second kappa shape index (κ2) is 11.0. The third kappa shape index (κ3) is 5.52. The van der Waals surface area contributed by atoms with E-state index in [1.54, 1.807) is 0 Å². The number of nitrogens with zero attached hydrogens (tertiary/aromatic N) is 2. The van der Waals surface area contributed by atoms with Gasteiger partial charge in [-0.1, -0.05) is 115 Å². The third-order valence-electron chi connectivity index (χ3n) is 4.72. The van der Waals surface area contributed by atoms with Crippen molar-refractivity contribution in [3.8, 4) is 0 Å². The number of unbranched alkanes of at least 4 members (excludes halogenated alkanes) is 1. The van der Waals surface area contributed by atoms with Gasteiger partial charge in [0.2, 0.25) is 0 Å². The average molecular weight is 433 g/mol. The molecule has 0 heterocycles. The lowest BCUT2D eigenvalue weighted by atomic mass is 10.3. The highest BCUT2D eigenvalue weighted by Gasteiger charge is 2.45. The van der Waals surface area contributed by atoms with Crippen molar-refractivity contribution in [2.24, 2.45) is 10.2 Å². The first-order valence-corrected chi connectivity index (χ1v) is 12.1. The molecule has 3 aromatic rings. The predicted molar refractivity (Wildman–Crippen MR) is 122 cm³/mol. The first-order chi connectivity index (χ1) is 15.2. The van der Waals surface area contributed by atoms with Crippen molar-refractivity contribution in [3.63, 3.8) is 0 Å². The molecule has 0 aromatic heterocycles. The maximum atomic E-state index is 12.8. The monoisotopic (exact) mass is 432 g/mol. The zero-order valence-electron chi connectivity index (χ0n) is 17.3. The van der Waals surface area contributed by atoms with E-state index in [-0.39, 0.29) is 6.61 Å². The maximum Gasteiger partial charge on any atom is 0.452 e. The second-order valence-corrected chi connectivity index (χ2v) is 10.1. The molecule has 0 N–H and O–H groups in total. The molecule has 0 fully saturated rings. The summed E-state index contributed by atoms with van der Waals surface area (Å²) in [6.07, 6.45) is -0.240. The number of ether oxygens (including phenoxy) is 1. The average Bonchev–Trinajstić information content (AvgIpc) is 2.83. The zero-order chi connectivity index (χ0) is 21.9. The van der Waals surface area contributed by atoms with Gasteiger partial charge in [-0.25, -0.2) is 9.59 Å². The lowest BCUT2D eigenvalue weighted by Crippen LogP contribution is -2.69. The van der Waals surface area contributed by atoms with Crippen LogP contribution in [0.4, 0.5) is 9.59 Å². The predicted octanol–water partition coefficient (Wildman–Crippen LogP) is 4.18. The minimum absolute atomic E-state index is 0.236. The fourth-order valence-corrected chi connectivity index (χ4v) is 6.90. The van der Waals surface area contributed by atoms with Crippen molar-refractivity contribution in [1.82, 2.24) is 0 Å². The molecule has 0 radical (unpaired) electrons. The van der Waals surface area contributed by atoms with Gasteiger partial charge in [-0.05, 0) is 22.0 Å². The number of amides is 2. The van der Waals surface area contributed by atoms with E-state index in [1.165, 1.54) is 0 Å².